The Hall–Kier alpha value is -0.570. The molecule has 0 aliphatic carbocycles. The standard InChI is InChI=1S/C15H30N2O/c1-7-12(8-2)17-13(10-11(4)5)16-15(6,9-3)14(17)18/h11-13,16H,7-10H2,1-6H3. The van der Waals surface area contributed by atoms with E-state index in [1.165, 1.54) is 0 Å². The quantitative estimate of drug-likeness (QED) is 0.789. The van der Waals surface area contributed by atoms with Gasteiger partial charge in [0, 0.05) is 6.04 Å². The lowest BCUT2D eigenvalue weighted by Gasteiger charge is -2.32. The first-order valence-electron chi connectivity index (χ1n) is 7.50. The van der Waals surface area contributed by atoms with Gasteiger partial charge in [-0.2, -0.15) is 0 Å². The molecule has 1 aliphatic heterocycles. The molecule has 0 spiro atoms. The predicted octanol–water partition coefficient (Wildman–Crippen LogP) is 3.15. The Morgan fingerprint density at radius 2 is 1.83 bits per heavy atom. The molecule has 18 heavy (non-hydrogen) atoms. The summed E-state index contributed by atoms with van der Waals surface area (Å²) in [6.45, 7) is 12.9. The van der Waals surface area contributed by atoms with Crippen LogP contribution in [0.25, 0.3) is 0 Å². The molecule has 0 aromatic rings. The minimum absolute atomic E-state index is 0.215. The maximum absolute atomic E-state index is 12.7. The summed E-state index contributed by atoms with van der Waals surface area (Å²) >= 11 is 0. The highest BCUT2D eigenvalue weighted by molar-refractivity contribution is 5.88. The van der Waals surface area contributed by atoms with E-state index in [4.69, 9.17) is 0 Å². The van der Waals surface area contributed by atoms with Gasteiger partial charge in [-0.05, 0) is 38.5 Å². The molecule has 3 nitrogen and oxygen atoms in total. The molecule has 2 atom stereocenters. The molecule has 1 amide bonds. The lowest BCUT2D eigenvalue weighted by atomic mass is 9.98. The first-order chi connectivity index (χ1) is 8.39. The van der Waals surface area contributed by atoms with Crippen molar-refractivity contribution in [2.45, 2.75) is 85.0 Å². The first-order valence-corrected chi connectivity index (χ1v) is 7.50. The van der Waals surface area contributed by atoms with Crippen LogP contribution in [0.3, 0.4) is 0 Å². The maximum Gasteiger partial charge on any atom is 0.244 e. The van der Waals surface area contributed by atoms with Gasteiger partial charge in [0.15, 0.2) is 0 Å². The molecule has 0 aromatic heterocycles. The molecule has 1 heterocycles. The number of hydrogen-bond acceptors (Lipinski definition) is 2. The molecule has 0 radical (unpaired) electrons. The summed E-state index contributed by atoms with van der Waals surface area (Å²) in [5.41, 5.74) is -0.359. The maximum atomic E-state index is 12.7. The molecule has 1 aliphatic rings. The van der Waals surface area contributed by atoms with E-state index in [9.17, 15) is 4.79 Å². The zero-order valence-electron chi connectivity index (χ0n) is 12.9. The second-order valence-corrected chi connectivity index (χ2v) is 6.16. The Balaban J connectivity index is 2.96. The van der Waals surface area contributed by atoms with E-state index in [1.807, 2.05) is 6.92 Å². The lowest BCUT2D eigenvalue weighted by Crippen LogP contribution is -2.45. The zero-order valence-corrected chi connectivity index (χ0v) is 12.9. The molecule has 1 fully saturated rings. The summed E-state index contributed by atoms with van der Waals surface area (Å²) in [4.78, 5) is 14.8. The Morgan fingerprint density at radius 1 is 1.28 bits per heavy atom. The number of nitrogens with zero attached hydrogens (tertiary/aromatic N) is 1. The summed E-state index contributed by atoms with van der Waals surface area (Å²) in [5, 5.41) is 3.57. The topological polar surface area (TPSA) is 32.3 Å². The zero-order chi connectivity index (χ0) is 13.9. The van der Waals surface area contributed by atoms with Crippen molar-refractivity contribution in [2.75, 3.05) is 0 Å². The van der Waals surface area contributed by atoms with E-state index in [2.05, 4.69) is 44.8 Å². The van der Waals surface area contributed by atoms with Crippen LogP contribution in [0.4, 0.5) is 0 Å². The fourth-order valence-electron chi connectivity index (χ4n) is 2.90. The van der Waals surface area contributed by atoms with Gasteiger partial charge in [-0.25, -0.2) is 0 Å². The van der Waals surface area contributed by atoms with Crippen molar-refractivity contribution in [1.82, 2.24) is 10.2 Å². The van der Waals surface area contributed by atoms with E-state index in [0.29, 0.717) is 17.9 Å². The van der Waals surface area contributed by atoms with Crippen molar-refractivity contribution in [3.63, 3.8) is 0 Å². The molecule has 2 unspecified atom stereocenters. The van der Waals surface area contributed by atoms with Crippen LogP contribution in [-0.2, 0) is 4.79 Å². The van der Waals surface area contributed by atoms with Crippen molar-refractivity contribution in [1.29, 1.82) is 0 Å². The third-order valence-electron chi connectivity index (χ3n) is 4.27. The molecule has 3 heteroatoms. The SMILES string of the molecule is CCC(CC)N1C(=O)C(C)(CC)NC1CC(C)C. The Labute approximate surface area is 112 Å². The third kappa shape index (κ3) is 2.87. The van der Waals surface area contributed by atoms with E-state index < -0.39 is 0 Å². The minimum Gasteiger partial charge on any atom is -0.323 e. The number of carbonyl (C=O) groups is 1. The summed E-state index contributed by atoms with van der Waals surface area (Å²) in [6.07, 6.45) is 4.19. The van der Waals surface area contributed by atoms with Crippen LogP contribution in [0.2, 0.25) is 0 Å². The van der Waals surface area contributed by atoms with Crippen LogP contribution in [-0.4, -0.2) is 28.6 Å². The third-order valence-corrected chi connectivity index (χ3v) is 4.27. The van der Waals surface area contributed by atoms with Crippen molar-refractivity contribution >= 4 is 5.91 Å². The van der Waals surface area contributed by atoms with E-state index >= 15 is 0 Å². The van der Waals surface area contributed by atoms with Crippen LogP contribution in [0.15, 0.2) is 0 Å². The highest BCUT2D eigenvalue weighted by atomic mass is 16.2. The summed E-state index contributed by atoms with van der Waals surface area (Å²) < 4.78 is 0. The summed E-state index contributed by atoms with van der Waals surface area (Å²) in [7, 11) is 0. The van der Waals surface area contributed by atoms with Crippen LogP contribution in [0.5, 0.6) is 0 Å². The van der Waals surface area contributed by atoms with Gasteiger partial charge in [-0.15, -0.1) is 0 Å². The Kier molecular flexibility index (Phi) is 5.20. The van der Waals surface area contributed by atoms with Gasteiger partial charge in [0.1, 0.15) is 0 Å². The number of amides is 1. The van der Waals surface area contributed by atoms with E-state index in [0.717, 1.165) is 25.7 Å². The average molecular weight is 254 g/mol. The van der Waals surface area contributed by atoms with Crippen molar-refractivity contribution in [3.8, 4) is 0 Å². The molecule has 0 aromatic carbocycles. The fraction of sp³-hybridized carbons (Fsp3) is 0.933. The van der Waals surface area contributed by atoms with Gasteiger partial charge >= 0.3 is 0 Å². The van der Waals surface area contributed by atoms with Gasteiger partial charge in [0.25, 0.3) is 0 Å². The van der Waals surface area contributed by atoms with E-state index in [1.54, 1.807) is 0 Å². The van der Waals surface area contributed by atoms with Crippen LogP contribution < -0.4 is 5.32 Å². The van der Waals surface area contributed by atoms with Crippen LogP contribution in [0.1, 0.15) is 67.2 Å². The molecule has 1 saturated heterocycles. The van der Waals surface area contributed by atoms with Crippen molar-refractivity contribution in [2.24, 2.45) is 5.92 Å². The second kappa shape index (κ2) is 6.05. The lowest BCUT2D eigenvalue weighted by molar-refractivity contribution is -0.135. The second-order valence-electron chi connectivity index (χ2n) is 6.16. The molecule has 0 saturated carbocycles. The van der Waals surface area contributed by atoms with Gasteiger partial charge in [-0.3, -0.25) is 10.1 Å². The molecule has 106 valence electrons. The summed E-state index contributed by atoms with van der Waals surface area (Å²) in [6, 6.07) is 0.377. The predicted molar refractivity (Wildman–Crippen MR) is 76.3 cm³/mol. The normalized spacial score (nSPS) is 28.8. The van der Waals surface area contributed by atoms with Crippen LogP contribution in [0, 0.1) is 5.92 Å². The van der Waals surface area contributed by atoms with Gasteiger partial charge in [-0.1, -0.05) is 34.6 Å². The fourth-order valence-corrected chi connectivity index (χ4v) is 2.90. The number of nitrogens with one attached hydrogen (secondary N) is 1. The van der Waals surface area contributed by atoms with E-state index in [-0.39, 0.29) is 11.7 Å². The number of carbonyl (C=O) groups excluding carboxylic acids is 1. The average Bonchev–Trinajstić information content (AvgIpc) is 2.55. The highest BCUT2D eigenvalue weighted by Crippen LogP contribution is 2.30. The monoisotopic (exact) mass is 254 g/mol. The number of hydrogen-bond donors (Lipinski definition) is 1. The largest absolute Gasteiger partial charge is 0.323 e. The smallest absolute Gasteiger partial charge is 0.244 e. The van der Waals surface area contributed by atoms with Gasteiger partial charge in [0.05, 0.1) is 11.7 Å². The van der Waals surface area contributed by atoms with Gasteiger partial charge in [0.2, 0.25) is 5.91 Å². The van der Waals surface area contributed by atoms with Gasteiger partial charge < -0.3 is 4.90 Å². The summed E-state index contributed by atoms with van der Waals surface area (Å²) in [5.74, 6) is 0.899. The van der Waals surface area contributed by atoms with Crippen LogP contribution >= 0.6 is 0 Å². The minimum atomic E-state index is -0.359. The van der Waals surface area contributed by atoms with Crippen molar-refractivity contribution < 1.29 is 4.79 Å². The highest BCUT2D eigenvalue weighted by Gasteiger charge is 2.48. The number of rotatable bonds is 6. The molecule has 1 rings (SSSR count). The molecule has 1 N–H and O–H groups in total. The van der Waals surface area contributed by atoms with Crippen molar-refractivity contribution in [3.05, 3.63) is 0 Å². The molecule has 0 bridgehead atoms. The first kappa shape index (κ1) is 15.5. The molecular formula is C15H30N2O. The molecular weight excluding hydrogens is 224 g/mol. The Morgan fingerprint density at radius 3 is 2.22 bits per heavy atom. The Bertz CT molecular complexity index is 286.